The Morgan fingerprint density at radius 1 is 1.25 bits per heavy atom. The van der Waals surface area contributed by atoms with Crippen molar-refractivity contribution >= 4 is 5.71 Å². The van der Waals surface area contributed by atoms with E-state index in [0.29, 0.717) is 5.71 Å². The molecule has 0 amide bonds. The molecule has 66 valence electrons. The van der Waals surface area contributed by atoms with Gasteiger partial charge < -0.3 is 5.41 Å². The van der Waals surface area contributed by atoms with Crippen molar-refractivity contribution in [1.29, 1.82) is 5.41 Å². The highest BCUT2D eigenvalue weighted by atomic mass is 14.4. The maximum atomic E-state index is 7.21. The van der Waals surface area contributed by atoms with Crippen LogP contribution in [0, 0.1) is 22.7 Å². The van der Waals surface area contributed by atoms with Crippen molar-refractivity contribution in [3.05, 3.63) is 11.6 Å². The quantitative estimate of drug-likeness (QED) is 0.454. The molecule has 0 saturated carbocycles. The van der Waals surface area contributed by atoms with E-state index >= 15 is 0 Å². The Morgan fingerprint density at radius 2 is 1.75 bits per heavy atom. The summed E-state index contributed by atoms with van der Waals surface area (Å²) in [5, 5.41) is 7.21. The first-order chi connectivity index (χ1) is 5.31. The van der Waals surface area contributed by atoms with E-state index in [4.69, 9.17) is 5.41 Å². The first-order valence-corrected chi connectivity index (χ1v) is 4.08. The van der Waals surface area contributed by atoms with Crippen molar-refractivity contribution in [2.45, 2.75) is 34.6 Å². The van der Waals surface area contributed by atoms with Gasteiger partial charge in [-0.15, -0.1) is 0 Å². The lowest BCUT2D eigenvalue weighted by atomic mass is 9.97. The van der Waals surface area contributed by atoms with Crippen LogP contribution in [-0.4, -0.2) is 5.71 Å². The highest BCUT2D eigenvalue weighted by Gasteiger charge is 2.02. The molecule has 0 atom stereocenters. The van der Waals surface area contributed by atoms with Crippen LogP contribution in [-0.2, 0) is 0 Å². The summed E-state index contributed by atoms with van der Waals surface area (Å²) in [4.78, 5) is 0. The van der Waals surface area contributed by atoms with Crippen molar-refractivity contribution in [1.82, 2.24) is 0 Å². The molecule has 0 bridgehead atoms. The van der Waals surface area contributed by atoms with Gasteiger partial charge in [-0.3, -0.25) is 0 Å². The highest BCUT2D eigenvalue weighted by Crippen LogP contribution is 2.10. The molecule has 0 spiro atoms. The van der Waals surface area contributed by atoms with Gasteiger partial charge in [0, 0.05) is 16.7 Å². The van der Waals surface area contributed by atoms with Crippen LogP contribution in [0.25, 0.3) is 0 Å². The van der Waals surface area contributed by atoms with Gasteiger partial charge in [-0.25, -0.2) is 0 Å². The van der Waals surface area contributed by atoms with E-state index in [-0.39, 0.29) is 5.41 Å². The zero-order valence-electron chi connectivity index (χ0n) is 8.58. The van der Waals surface area contributed by atoms with E-state index in [1.165, 1.54) is 0 Å². The molecule has 0 unspecified atom stereocenters. The second kappa shape index (κ2) is 4.11. The molecule has 1 heteroatoms. The minimum atomic E-state index is 0.0467. The topological polar surface area (TPSA) is 23.9 Å². The number of nitrogens with one attached hydrogen (secondary N) is 1. The number of allylic oxidation sites excluding steroid dienone is 2. The lowest BCUT2D eigenvalue weighted by Gasteiger charge is -2.06. The standard InChI is InChI=1S/C11H17N/c1-9(8-10(2)12)6-7-11(3,4)5/h8,12H,1-5H3/b9-8+,12-10?. The van der Waals surface area contributed by atoms with Crippen LogP contribution >= 0.6 is 0 Å². The van der Waals surface area contributed by atoms with Gasteiger partial charge in [-0.2, -0.15) is 0 Å². The molecular formula is C11H17N. The molecule has 0 aromatic rings. The molecule has 0 radical (unpaired) electrons. The average molecular weight is 163 g/mol. The second-order valence-corrected chi connectivity index (χ2v) is 4.01. The number of hydrogen-bond acceptors (Lipinski definition) is 1. The summed E-state index contributed by atoms with van der Waals surface area (Å²) in [6.07, 6.45) is 1.78. The molecule has 0 aromatic heterocycles. The van der Waals surface area contributed by atoms with Crippen molar-refractivity contribution < 1.29 is 0 Å². The normalized spacial score (nSPS) is 11.9. The molecule has 0 aliphatic carbocycles. The minimum absolute atomic E-state index is 0.0467. The SMILES string of the molecule is CC(=N)/C=C(\C)C#CC(C)(C)C. The van der Waals surface area contributed by atoms with Gasteiger partial charge in [0.05, 0.1) is 0 Å². The van der Waals surface area contributed by atoms with Crippen LogP contribution in [0.1, 0.15) is 34.6 Å². The van der Waals surface area contributed by atoms with Crippen molar-refractivity contribution in [2.24, 2.45) is 5.41 Å². The smallest absolute Gasteiger partial charge is 0.0291 e. The Hall–Kier alpha value is -1.03. The molecule has 0 aromatic carbocycles. The van der Waals surface area contributed by atoms with Crippen LogP contribution in [0.3, 0.4) is 0 Å². The van der Waals surface area contributed by atoms with Crippen molar-refractivity contribution in [2.75, 3.05) is 0 Å². The van der Waals surface area contributed by atoms with Crippen LogP contribution in [0.15, 0.2) is 11.6 Å². The maximum absolute atomic E-state index is 7.21. The van der Waals surface area contributed by atoms with Gasteiger partial charge in [-0.1, -0.05) is 11.8 Å². The Morgan fingerprint density at radius 3 is 2.08 bits per heavy atom. The van der Waals surface area contributed by atoms with Crippen LogP contribution in [0.5, 0.6) is 0 Å². The molecule has 0 aliphatic heterocycles. The summed E-state index contributed by atoms with van der Waals surface area (Å²) in [7, 11) is 0. The Labute approximate surface area is 75.4 Å². The fraction of sp³-hybridized carbons (Fsp3) is 0.545. The van der Waals surface area contributed by atoms with Gasteiger partial charge in [0.2, 0.25) is 0 Å². The average Bonchev–Trinajstić information content (AvgIpc) is 1.80. The predicted octanol–water partition coefficient (Wildman–Crippen LogP) is 3.02. The van der Waals surface area contributed by atoms with E-state index in [9.17, 15) is 0 Å². The van der Waals surface area contributed by atoms with Gasteiger partial charge in [0.1, 0.15) is 0 Å². The van der Waals surface area contributed by atoms with Crippen LogP contribution in [0.2, 0.25) is 0 Å². The Bertz CT molecular complexity index is 253. The van der Waals surface area contributed by atoms with E-state index in [1.807, 2.05) is 6.92 Å². The predicted molar refractivity (Wildman–Crippen MR) is 54.4 cm³/mol. The summed E-state index contributed by atoms with van der Waals surface area (Å²) in [6.45, 7) is 9.90. The van der Waals surface area contributed by atoms with Gasteiger partial charge in [0.25, 0.3) is 0 Å². The van der Waals surface area contributed by atoms with Gasteiger partial charge >= 0.3 is 0 Å². The number of rotatable bonds is 1. The monoisotopic (exact) mass is 163 g/mol. The van der Waals surface area contributed by atoms with Gasteiger partial charge in [-0.05, 0) is 40.7 Å². The largest absolute Gasteiger partial charge is 0.306 e. The lowest BCUT2D eigenvalue weighted by molar-refractivity contribution is 0.571. The third-order valence-corrected chi connectivity index (χ3v) is 1.07. The zero-order valence-corrected chi connectivity index (χ0v) is 8.58. The maximum Gasteiger partial charge on any atom is 0.0291 e. The summed E-state index contributed by atoms with van der Waals surface area (Å²) in [5.74, 6) is 6.14. The molecule has 12 heavy (non-hydrogen) atoms. The number of hydrogen-bond donors (Lipinski definition) is 1. The molecule has 0 aliphatic rings. The summed E-state index contributed by atoms with van der Waals surface area (Å²) in [6, 6.07) is 0. The van der Waals surface area contributed by atoms with Crippen molar-refractivity contribution in [3.63, 3.8) is 0 Å². The highest BCUT2D eigenvalue weighted by molar-refractivity contribution is 5.91. The van der Waals surface area contributed by atoms with Crippen molar-refractivity contribution in [3.8, 4) is 11.8 Å². The van der Waals surface area contributed by atoms with Crippen LogP contribution < -0.4 is 0 Å². The second-order valence-electron chi connectivity index (χ2n) is 4.01. The van der Waals surface area contributed by atoms with E-state index in [0.717, 1.165) is 5.57 Å². The van der Waals surface area contributed by atoms with Crippen LogP contribution in [0.4, 0.5) is 0 Å². The summed E-state index contributed by atoms with van der Waals surface area (Å²) < 4.78 is 0. The third-order valence-electron chi connectivity index (χ3n) is 1.07. The molecule has 0 saturated heterocycles. The lowest BCUT2D eigenvalue weighted by Crippen LogP contribution is -1.99. The van der Waals surface area contributed by atoms with E-state index in [2.05, 4.69) is 32.6 Å². The molecular weight excluding hydrogens is 146 g/mol. The molecule has 0 fully saturated rings. The first-order valence-electron chi connectivity index (χ1n) is 4.08. The zero-order chi connectivity index (χ0) is 9.78. The summed E-state index contributed by atoms with van der Waals surface area (Å²) >= 11 is 0. The van der Waals surface area contributed by atoms with E-state index < -0.39 is 0 Å². The summed E-state index contributed by atoms with van der Waals surface area (Å²) in [5.41, 5.74) is 1.55. The Balaban J connectivity index is 4.43. The van der Waals surface area contributed by atoms with Gasteiger partial charge in [0.15, 0.2) is 0 Å². The molecule has 1 nitrogen and oxygen atoms in total. The fourth-order valence-electron chi connectivity index (χ4n) is 0.647. The Kier molecular flexibility index (Phi) is 3.76. The first kappa shape index (κ1) is 11.0. The third kappa shape index (κ3) is 7.08. The van der Waals surface area contributed by atoms with E-state index in [1.54, 1.807) is 13.0 Å². The molecule has 0 heterocycles. The molecule has 1 N–H and O–H groups in total. The molecule has 0 rings (SSSR count). The fourth-order valence-corrected chi connectivity index (χ4v) is 0.647. The minimum Gasteiger partial charge on any atom is -0.306 e.